The summed E-state index contributed by atoms with van der Waals surface area (Å²) in [6, 6.07) is 8.18. The van der Waals surface area contributed by atoms with Crippen LogP contribution < -0.4 is 10.2 Å². The summed E-state index contributed by atoms with van der Waals surface area (Å²) in [7, 11) is 0. The highest BCUT2D eigenvalue weighted by molar-refractivity contribution is 5.95. The molecule has 1 aromatic rings. The zero-order valence-electron chi connectivity index (χ0n) is 21.7. The van der Waals surface area contributed by atoms with Gasteiger partial charge in [-0.1, -0.05) is 69.7 Å². The molecule has 2 rings (SSSR count). The maximum atomic E-state index is 13.2. The van der Waals surface area contributed by atoms with Crippen LogP contribution >= 0.6 is 0 Å². The van der Waals surface area contributed by atoms with Crippen molar-refractivity contribution in [3.05, 3.63) is 65.8 Å². The molecule has 0 spiro atoms. The van der Waals surface area contributed by atoms with E-state index in [2.05, 4.69) is 64.7 Å². The van der Waals surface area contributed by atoms with Crippen LogP contribution in [0.5, 0.6) is 0 Å². The Morgan fingerprint density at radius 2 is 1.82 bits per heavy atom. The fourth-order valence-corrected chi connectivity index (χ4v) is 3.56. The van der Waals surface area contributed by atoms with Gasteiger partial charge in [0.1, 0.15) is 0 Å². The molecule has 33 heavy (non-hydrogen) atoms. The van der Waals surface area contributed by atoms with Gasteiger partial charge in [0, 0.05) is 25.1 Å². The van der Waals surface area contributed by atoms with Crippen LogP contribution in [0.4, 0.5) is 5.69 Å². The molecule has 2 amide bonds. The van der Waals surface area contributed by atoms with Gasteiger partial charge in [0.25, 0.3) is 0 Å². The summed E-state index contributed by atoms with van der Waals surface area (Å²) in [4.78, 5) is 27.2. The largest absolute Gasteiger partial charge is 0.356 e. The lowest BCUT2D eigenvalue weighted by Gasteiger charge is -2.29. The van der Waals surface area contributed by atoms with E-state index in [1.165, 1.54) is 16.7 Å². The van der Waals surface area contributed by atoms with E-state index in [0.717, 1.165) is 31.4 Å². The lowest BCUT2D eigenvalue weighted by Crippen LogP contribution is -2.37. The van der Waals surface area contributed by atoms with E-state index in [1.54, 1.807) is 6.08 Å². The number of carbonyl (C=O) groups excluding carboxylic acids is 2. The fourth-order valence-electron chi connectivity index (χ4n) is 3.56. The summed E-state index contributed by atoms with van der Waals surface area (Å²) in [5, 5.41) is 2.92. The van der Waals surface area contributed by atoms with Gasteiger partial charge in [0.05, 0.1) is 6.54 Å². The Hall–Kier alpha value is -2.62. The number of aryl methyl sites for hydroxylation is 1. The van der Waals surface area contributed by atoms with E-state index < -0.39 is 0 Å². The minimum absolute atomic E-state index is 0.0214. The summed E-state index contributed by atoms with van der Waals surface area (Å²) in [6.07, 6.45) is 10.6. The molecule has 0 bridgehead atoms. The molecule has 1 aliphatic heterocycles. The Labute approximate surface area is 201 Å². The van der Waals surface area contributed by atoms with Gasteiger partial charge in [-0.05, 0) is 62.1 Å². The topological polar surface area (TPSA) is 49.4 Å². The molecule has 182 valence electrons. The second kappa shape index (κ2) is 14.5. The van der Waals surface area contributed by atoms with Gasteiger partial charge >= 0.3 is 0 Å². The molecular weight excluding hydrogens is 408 g/mol. The first-order valence-corrected chi connectivity index (χ1v) is 12.2. The Morgan fingerprint density at radius 1 is 1.15 bits per heavy atom. The Morgan fingerprint density at radius 3 is 2.45 bits per heavy atom. The van der Waals surface area contributed by atoms with Gasteiger partial charge < -0.3 is 10.2 Å². The highest BCUT2D eigenvalue weighted by Gasteiger charge is 2.22. The summed E-state index contributed by atoms with van der Waals surface area (Å²) < 4.78 is 0. The standard InChI is InChI=1S/C26H38N2O2.C3H6/c1-6-7-10-22-19-28(23-12-9-8-11-21(23)14-13-20(22)2)25(30)16-18-27-24(29)15-17-26(3,4)5;1-3-2/h7-12H,6,13-19H2,1-5H3,(H,27,29);3H,1H2,2H3/b10-7-,22-20-;. The zero-order chi connectivity index (χ0) is 24.9. The van der Waals surface area contributed by atoms with Crippen LogP contribution in [-0.2, 0) is 16.0 Å². The molecule has 0 aromatic heterocycles. The molecule has 4 heteroatoms. The van der Waals surface area contributed by atoms with Crippen molar-refractivity contribution in [3.63, 3.8) is 0 Å². The normalized spacial score (nSPS) is 16.2. The van der Waals surface area contributed by atoms with E-state index >= 15 is 0 Å². The molecule has 1 N–H and O–H groups in total. The third-order valence-electron chi connectivity index (χ3n) is 5.55. The van der Waals surface area contributed by atoms with Crippen molar-refractivity contribution >= 4 is 17.5 Å². The molecule has 4 nitrogen and oxygen atoms in total. The Balaban J connectivity index is 0.00000172. The molecule has 0 atom stereocenters. The van der Waals surface area contributed by atoms with Crippen LogP contribution in [-0.4, -0.2) is 24.9 Å². The van der Waals surface area contributed by atoms with E-state index in [0.29, 0.717) is 25.9 Å². The lowest BCUT2D eigenvalue weighted by atomic mass is 9.90. The maximum Gasteiger partial charge on any atom is 0.229 e. The van der Waals surface area contributed by atoms with E-state index in [-0.39, 0.29) is 17.2 Å². The summed E-state index contributed by atoms with van der Waals surface area (Å²) in [5.74, 6) is 0.0729. The smallest absolute Gasteiger partial charge is 0.229 e. The number of fused-ring (bicyclic) bond motifs is 1. The monoisotopic (exact) mass is 452 g/mol. The molecule has 0 aliphatic carbocycles. The van der Waals surface area contributed by atoms with Crippen LogP contribution in [0, 0.1) is 5.41 Å². The predicted octanol–water partition coefficient (Wildman–Crippen LogP) is 6.77. The zero-order valence-corrected chi connectivity index (χ0v) is 21.7. The van der Waals surface area contributed by atoms with E-state index in [9.17, 15) is 9.59 Å². The predicted molar refractivity (Wildman–Crippen MR) is 141 cm³/mol. The van der Waals surface area contributed by atoms with Crippen molar-refractivity contribution in [2.75, 3.05) is 18.0 Å². The van der Waals surface area contributed by atoms with Crippen molar-refractivity contribution in [2.24, 2.45) is 5.41 Å². The summed E-state index contributed by atoms with van der Waals surface area (Å²) in [5.41, 5.74) is 4.89. The number of benzene rings is 1. The fraction of sp³-hybridized carbons (Fsp3) is 0.517. The number of carbonyl (C=O) groups is 2. The molecule has 0 radical (unpaired) electrons. The number of nitrogens with zero attached hydrogens (tertiary/aromatic N) is 1. The third kappa shape index (κ3) is 10.7. The minimum atomic E-state index is 0.0214. The highest BCUT2D eigenvalue weighted by Crippen LogP contribution is 2.29. The van der Waals surface area contributed by atoms with Crippen molar-refractivity contribution < 1.29 is 9.59 Å². The molecule has 0 fully saturated rings. The van der Waals surface area contributed by atoms with Crippen molar-refractivity contribution in [1.29, 1.82) is 0 Å². The number of allylic oxidation sites excluding steroid dienone is 3. The van der Waals surface area contributed by atoms with E-state index in [1.807, 2.05) is 30.0 Å². The molecule has 1 aromatic carbocycles. The first-order valence-electron chi connectivity index (χ1n) is 12.2. The van der Waals surface area contributed by atoms with E-state index in [4.69, 9.17) is 0 Å². The highest BCUT2D eigenvalue weighted by atomic mass is 16.2. The van der Waals surface area contributed by atoms with Gasteiger partial charge in [0.15, 0.2) is 0 Å². The minimum Gasteiger partial charge on any atom is -0.356 e. The number of nitrogens with one attached hydrogen (secondary N) is 1. The van der Waals surface area contributed by atoms with Gasteiger partial charge in [-0.3, -0.25) is 9.59 Å². The number of hydrogen-bond donors (Lipinski definition) is 1. The number of rotatable bonds is 7. The lowest BCUT2D eigenvalue weighted by molar-refractivity contribution is -0.122. The SMILES string of the molecule is C=CC.CC/C=C\C1=C(/C)CCc2ccccc2N(C(=O)CCNC(=O)CCC(C)(C)C)C1. The van der Waals surface area contributed by atoms with Crippen LogP contribution in [0.2, 0.25) is 0 Å². The first-order chi connectivity index (χ1) is 15.6. The Bertz CT molecular complexity index is 843. The van der Waals surface area contributed by atoms with Crippen LogP contribution in [0.1, 0.15) is 79.2 Å². The maximum absolute atomic E-state index is 13.2. The van der Waals surface area contributed by atoms with Gasteiger partial charge in [-0.2, -0.15) is 0 Å². The summed E-state index contributed by atoms with van der Waals surface area (Å²) >= 11 is 0. The van der Waals surface area contributed by atoms with Crippen molar-refractivity contribution in [3.8, 4) is 0 Å². The number of anilines is 1. The quantitative estimate of drug-likeness (QED) is 0.464. The molecule has 1 aliphatic rings. The third-order valence-corrected chi connectivity index (χ3v) is 5.55. The molecule has 0 unspecified atom stereocenters. The summed E-state index contributed by atoms with van der Waals surface area (Å²) in [6.45, 7) is 16.9. The molecule has 0 saturated heterocycles. The molecule has 0 saturated carbocycles. The van der Waals surface area contributed by atoms with Crippen LogP contribution in [0.25, 0.3) is 0 Å². The first kappa shape index (κ1) is 28.4. The number of amides is 2. The van der Waals surface area contributed by atoms with Crippen molar-refractivity contribution in [1.82, 2.24) is 5.32 Å². The van der Waals surface area contributed by atoms with Crippen LogP contribution in [0.3, 0.4) is 0 Å². The Kier molecular flexibility index (Phi) is 12.5. The van der Waals surface area contributed by atoms with Crippen molar-refractivity contribution in [2.45, 2.75) is 80.1 Å². The van der Waals surface area contributed by atoms with Gasteiger partial charge in [-0.25, -0.2) is 0 Å². The van der Waals surface area contributed by atoms with Gasteiger partial charge in [-0.15, -0.1) is 6.58 Å². The average molecular weight is 453 g/mol. The average Bonchev–Trinajstić information content (AvgIpc) is 2.75. The van der Waals surface area contributed by atoms with Gasteiger partial charge in [0.2, 0.25) is 11.8 Å². The second-order valence-corrected chi connectivity index (χ2v) is 9.79. The second-order valence-electron chi connectivity index (χ2n) is 9.79. The molecule has 1 heterocycles. The van der Waals surface area contributed by atoms with Crippen LogP contribution in [0.15, 0.2) is 60.2 Å². The number of hydrogen-bond acceptors (Lipinski definition) is 2. The number of para-hydroxylation sites is 1. The molecular formula is C29H44N2O2.